The molecule has 0 spiro atoms. The van der Waals surface area contributed by atoms with Gasteiger partial charge in [-0.3, -0.25) is 19.2 Å². The molecule has 1 unspecified atom stereocenters. The third-order valence-corrected chi connectivity index (χ3v) is 5.63. The number of nitrogens with one attached hydrogen (secondary N) is 2. The molecule has 0 aliphatic carbocycles. The second kappa shape index (κ2) is 11.7. The number of carboxylic acids is 1. The first-order valence-electron chi connectivity index (χ1n) is 11.0. The Bertz CT molecular complexity index is 1180. The van der Waals surface area contributed by atoms with Crippen molar-refractivity contribution in [2.24, 2.45) is 0 Å². The normalized spacial score (nSPS) is 14.7. The summed E-state index contributed by atoms with van der Waals surface area (Å²) in [5, 5.41) is 12.6. The van der Waals surface area contributed by atoms with Crippen LogP contribution in [0.3, 0.4) is 0 Å². The summed E-state index contributed by atoms with van der Waals surface area (Å²) in [7, 11) is 0. The molecular weight excluding hydrogens is 458 g/mol. The number of aromatic amines is 1. The number of fused-ring (bicyclic) bond motifs is 1. The molecular formula is C23H25N5O7. The van der Waals surface area contributed by atoms with Crippen LogP contribution in [0.15, 0.2) is 30.5 Å². The van der Waals surface area contributed by atoms with Crippen LogP contribution in [0, 0.1) is 0 Å². The van der Waals surface area contributed by atoms with Crippen LogP contribution in [0.1, 0.15) is 31.2 Å². The van der Waals surface area contributed by atoms with Gasteiger partial charge in [0, 0.05) is 42.9 Å². The van der Waals surface area contributed by atoms with Gasteiger partial charge in [-0.25, -0.2) is 4.79 Å². The minimum atomic E-state index is -1.44. The molecule has 2 amide bonds. The topological polar surface area (TPSA) is 182 Å². The number of esters is 1. The zero-order valence-corrected chi connectivity index (χ0v) is 18.8. The van der Waals surface area contributed by atoms with Crippen molar-refractivity contribution in [1.82, 2.24) is 15.2 Å². The van der Waals surface area contributed by atoms with Crippen LogP contribution in [0.25, 0.3) is 16.4 Å². The van der Waals surface area contributed by atoms with Gasteiger partial charge >= 0.3 is 18.2 Å². The zero-order chi connectivity index (χ0) is 25.4. The smallest absolute Gasteiger partial charge is 0.326 e. The molecule has 0 bridgehead atoms. The van der Waals surface area contributed by atoms with Crippen molar-refractivity contribution in [3.63, 3.8) is 0 Å². The molecule has 3 N–H and O–H groups in total. The molecule has 12 nitrogen and oxygen atoms in total. The maximum Gasteiger partial charge on any atom is 0.326 e. The minimum absolute atomic E-state index is 0.0437. The van der Waals surface area contributed by atoms with Gasteiger partial charge in [0.05, 0.1) is 0 Å². The van der Waals surface area contributed by atoms with Gasteiger partial charge in [0.2, 0.25) is 11.7 Å². The number of carboxylic acid groups (broad SMARTS) is 1. The van der Waals surface area contributed by atoms with Gasteiger partial charge in [-0.05, 0) is 24.5 Å². The summed E-state index contributed by atoms with van der Waals surface area (Å²) in [6.07, 6.45) is 1.31. The van der Waals surface area contributed by atoms with Gasteiger partial charge in [0.15, 0.2) is 6.10 Å². The van der Waals surface area contributed by atoms with Crippen molar-refractivity contribution < 1.29 is 38.6 Å². The van der Waals surface area contributed by atoms with E-state index in [1.165, 1.54) is 4.90 Å². The van der Waals surface area contributed by atoms with Crippen LogP contribution in [-0.2, 0) is 35.1 Å². The van der Waals surface area contributed by atoms with Gasteiger partial charge in [0.1, 0.15) is 12.6 Å². The van der Waals surface area contributed by atoms with E-state index in [1.807, 2.05) is 24.3 Å². The highest BCUT2D eigenvalue weighted by atomic mass is 16.5. The van der Waals surface area contributed by atoms with Gasteiger partial charge in [-0.1, -0.05) is 18.2 Å². The zero-order valence-electron chi connectivity index (χ0n) is 18.8. The summed E-state index contributed by atoms with van der Waals surface area (Å²) >= 11 is 0. The van der Waals surface area contributed by atoms with E-state index < -0.39 is 35.8 Å². The lowest BCUT2D eigenvalue weighted by molar-refractivity contribution is -0.158. The molecule has 0 radical (unpaired) electrons. The van der Waals surface area contributed by atoms with Crippen LogP contribution in [0.2, 0.25) is 0 Å². The molecule has 184 valence electrons. The van der Waals surface area contributed by atoms with E-state index in [0.717, 1.165) is 10.9 Å². The van der Waals surface area contributed by atoms with E-state index in [0.29, 0.717) is 31.2 Å². The molecule has 0 saturated carbocycles. The fraction of sp³-hybridized carbons (Fsp3) is 0.391. The Hall–Kier alpha value is -4.31. The van der Waals surface area contributed by atoms with Crippen molar-refractivity contribution in [3.8, 4) is 0 Å². The van der Waals surface area contributed by atoms with E-state index >= 15 is 0 Å². The van der Waals surface area contributed by atoms with Gasteiger partial charge < -0.3 is 30.6 Å². The Morgan fingerprint density at radius 2 is 2.06 bits per heavy atom. The highest BCUT2D eigenvalue weighted by Crippen LogP contribution is 2.20. The number of aromatic nitrogens is 1. The number of nitrogens with zero attached hydrogens (tertiary/aromatic N) is 3. The largest absolute Gasteiger partial charge is 0.480 e. The van der Waals surface area contributed by atoms with E-state index in [1.54, 1.807) is 6.20 Å². The number of H-pyrrole nitrogens is 1. The lowest BCUT2D eigenvalue weighted by Gasteiger charge is -2.22. The Morgan fingerprint density at radius 1 is 1.29 bits per heavy atom. The predicted molar refractivity (Wildman–Crippen MR) is 121 cm³/mol. The lowest BCUT2D eigenvalue weighted by Crippen LogP contribution is -2.48. The number of aliphatic carboxylic acids is 1. The summed E-state index contributed by atoms with van der Waals surface area (Å²) in [5.74, 6) is -3.83. The fourth-order valence-electron chi connectivity index (χ4n) is 3.85. The van der Waals surface area contributed by atoms with Crippen molar-refractivity contribution in [3.05, 3.63) is 41.6 Å². The number of ketones is 1. The SMILES string of the molecule is [N-]=[N+]=CC(=O)CC[C@H](NC(=O)C(Cc1c[nH]c2ccccc12)OC(=O)CN1CCCC1=O)C(=O)O. The summed E-state index contributed by atoms with van der Waals surface area (Å²) in [6, 6.07) is 5.87. The summed E-state index contributed by atoms with van der Waals surface area (Å²) in [4.78, 5) is 67.6. The number of likely N-dealkylation sites (tertiary alicyclic amines) is 1. The van der Waals surface area contributed by atoms with Crippen LogP contribution in [0.5, 0.6) is 0 Å². The first kappa shape index (κ1) is 25.3. The first-order valence-corrected chi connectivity index (χ1v) is 11.0. The predicted octanol–water partition coefficient (Wildman–Crippen LogP) is 0.464. The maximum atomic E-state index is 13.0. The van der Waals surface area contributed by atoms with Crippen LogP contribution in [0.4, 0.5) is 0 Å². The van der Waals surface area contributed by atoms with Gasteiger partial charge in [-0.2, -0.15) is 4.79 Å². The highest BCUT2D eigenvalue weighted by Gasteiger charge is 2.31. The van der Waals surface area contributed by atoms with Crippen LogP contribution >= 0.6 is 0 Å². The van der Waals surface area contributed by atoms with E-state index in [-0.39, 0.29) is 31.7 Å². The number of hydrogen-bond donors (Lipinski definition) is 3. The number of rotatable bonds is 12. The quantitative estimate of drug-likeness (QED) is 0.170. The fourth-order valence-corrected chi connectivity index (χ4v) is 3.85. The number of para-hydroxylation sites is 1. The van der Waals surface area contributed by atoms with Gasteiger partial charge in [-0.15, -0.1) is 0 Å². The Morgan fingerprint density at radius 3 is 2.74 bits per heavy atom. The minimum Gasteiger partial charge on any atom is -0.480 e. The number of benzene rings is 1. The third-order valence-electron chi connectivity index (χ3n) is 5.63. The summed E-state index contributed by atoms with van der Waals surface area (Å²) in [5.41, 5.74) is 9.90. The van der Waals surface area contributed by atoms with Crippen molar-refractivity contribution in [2.75, 3.05) is 13.1 Å². The van der Waals surface area contributed by atoms with Crippen molar-refractivity contribution in [1.29, 1.82) is 0 Å². The molecule has 1 fully saturated rings. The first-order chi connectivity index (χ1) is 16.8. The highest BCUT2D eigenvalue weighted by molar-refractivity contribution is 6.25. The van der Waals surface area contributed by atoms with Gasteiger partial charge in [0.25, 0.3) is 5.91 Å². The Kier molecular flexibility index (Phi) is 8.47. The molecule has 3 rings (SSSR count). The monoisotopic (exact) mass is 483 g/mol. The molecule has 35 heavy (non-hydrogen) atoms. The average Bonchev–Trinajstić information content (AvgIpc) is 3.42. The number of Topliss-reactive ketones (excluding diaryl/α,β-unsaturated/α-hetero) is 1. The van der Waals surface area contributed by atoms with Crippen molar-refractivity contribution >= 4 is 46.7 Å². The second-order valence-electron chi connectivity index (χ2n) is 8.11. The maximum absolute atomic E-state index is 13.0. The van der Waals surface area contributed by atoms with Crippen LogP contribution in [-0.4, -0.2) is 80.8 Å². The number of carbonyl (C=O) groups excluding carboxylic acids is 4. The number of hydrogen-bond acceptors (Lipinski definition) is 6. The molecule has 2 heterocycles. The number of amides is 2. The summed E-state index contributed by atoms with van der Waals surface area (Å²) in [6.45, 7) is 0.105. The number of carbonyl (C=O) groups is 5. The Balaban J connectivity index is 1.75. The molecule has 1 aliphatic rings. The molecule has 12 heteroatoms. The molecule has 1 saturated heterocycles. The Labute approximate surface area is 199 Å². The van der Waals surface area contributed by atoms with E-state index in [4.69, 9.17) is 10.3 Å². The number of ether oxygens (including phenoxy) is 1. The molecule has 1 aromatic carbocycles. The standard InChI is InChI=1S/C23H25N5O7/c24-26-12-15(29)7-8-18(23(33)34)27-22(32)19(35-21(31)13-28-9-3-6-20(28)30)10-14-11-25-17-5-2-1-4-16(14)17/h1-2,4-5,11-12,18-19,25H,3,6-10,13H2,(H,27,32)(H,33,34)/t18-,19?/m0/s1. The molecule has 1 aromatic heterocycles. The lowest BCUT2D eigenvalue weighted by atomic mass is 10.0. The van der Waals surface area contributed by atoms with Crippen molar-refractivity contribution in [2.45, 2.75) is 44.2 Å². The average molecular weight is 483 g/mol. The molecule has 2 aromatic rings. The second-order valence-corrected chi connectivity index (χ2v) is 8.11. The van der Waals surface area contributed by atoms with Crippen LogP contribution < -0.4 is 5.32 Å². The third kappa shape index (κ3) is 6.84. The van der Waals surface area contributed by atoms with E-state index in [2.05, 4.69) is 15.1 Å². The molecule has 1 aliphatic heterocycles. The van der Waals surface area contributed by atoms with E-state index in [9.17, 15) is 29.1 Å². The molecule has 2 atom stereocenters. The summed E-state index contributed by atoms with van der Waals surface area (Å²) < 4.78 is 5.42.